The molecular formula is C19H26ClN5O3S2. The minimum Gasteiger partial charge on any atom is -0.325 e. The Morgan fingerprint density at radius 3 is 2.73 bits per heavy atom. The van der Waals surface area contributed by atoms with Crippen LogP contribution in [0.2, 0.25) is 5.02 Å². The summed E-state index contributed by atoms with van der Waals surface area (Å²) in [5, 5.41) is 10.1. The van der Waals surface area contributed by atoms with E-state index in [0.717, 1.165) is 16.6 Å². The molecule has 0 unspecified atom stereocenters. The number of rotatable bonds is 8. The number of nitrogens with one attached hydrogen (secondary N) is 2. The van der Waals surface area contributed by atoms with E-state index in [4.69, 9.17) is 11.6 Å². The Morgan fingerprint density at radius 2 is 2.07 bits per heavy atom. The Balaban J connectivity index is 1.62. The van der Waals surface area contributed by atoms with E-state index in [1.807, 2.05) is 0 Å². The Labute approximate surface area is 186 Å². The predicted molar refractivity (Wildman–Crippen MR) is 118 cm³/mol. The van der Waals surface area contributed by atoms with Gasteiger partial charge in [-0.25, -0.2) is 17.7 Å². The molecule has 8 nitrogen and oxygen atoms in total. The highest BCUT2D eigenvalue weighted by Crippen LogP contribution is 2.29. The fourth-order valence-electron chi connectivity index (χ4n) is 3.34. The molecule has 0 aliphatic heterocycles. The number of hydrogen-bond acceptors (Lipinski definition) is 6. The molecule has 30 heavy (non-hydrogen) atoms. The number of benzene rings is 1. The molecule has 11 heteroatoms. The number of thioether (sulfide) groups is 1. The summed E-state index contributed by atoms with van der Waals surface area (Å²) >= 11 is 7.30. The Morgan fingerprint density at radius 1 is 1.37 bits per heavy atom. The van der Waals surface area contributed by atoms with Gasteiger partial charge in [0.2, 0.25) is 21.1 Å². The van der Waals surface area contributed by atoms with Crippen LogP contribution in [-0.4, -0.2) is 53.2 Å². The first-order valence-corrected chi connectivity index (χ1v) is 12.5. The van der Waals surface area contributed by atoms with Gasteiger partial charge in [0.15, 0.2) is 0 Å². The van der Waals surface area contributed by atoms with Gasteiger partial charge in [0.25, 0.3) is 0 Å². The van der Waals surface area contributed by atoms with E-state index in [-0.39, 0.29) is 15.8 Å². The van der Waals surface area contributed by atoms with Gasteiger partial charge in [-0.2, -0.15) is 0 Å². The first-order chi connectivity index (χ1) is 14.2. The second-order valence-electron chi connectivity index (χ2n) is 7.60. The largest absolute Gasteiger partial charge is 0.325 e. The number of anilines is 1. The van der Waals surface area contributed by atoms with E-state index in [0.29, 0.717) is 16.8 Å². The molecule has 1 aromatic carbocycles. The van der Waals surface area contributed by atoms with Gasteiger partial charge in [0, 0.05) is 26.2 Å². The molecule has 1 fully saturated rings. The number of H-pyrrole nitrogens is 1. The third-order valence-electron chi connectivity index (χ3n) is 5.08. The Kier molecular flexibility index (Phi) is 7.43. The van der Waals surface area contributed by atoms with Crippen LogP contribution >= 0.6 is 23.4 Å². The van der Waals surface area contributed by atoms with Crippen LogP contribution in [0, 0.1) is 5.92 Å². The van der Waals surface area contributed by atoms with E-state index in [9.17, 15) is 13.2 Å². The maximum Gasteiger partial charge on any atom is 0.244 e. The quantitative estimate of drug-likeness (QED) is 0.570. The number of carbonyl (C=O) groups excluding carboxylic acids is 1. The molecule has 1 heterocycles. The normalized spacial score (nSPS) is 16.2. The number of halogens is 1. The standard InChI is InChI=1S/C19H26ClN5O3S2/c1-12(29-19-22-17(23-24-19)10-13-6-4-5-7-13)18(26)21-14-8-9-15(20)16(11-14)30(27,28)25(2)3/h8-9,11-13H,4-7,10H2,1-3H3,(H,21,26)(H,22,23,24)/t12-/m0/s1. The topological polar surface area (TPSA) is 108 Å². The molecule has 164 valence electrons. The van der Waals surface area contributed by atoms with Gasteiger partial charge in [-0.3, -0.25) is 9.89 Å². The number of hydrogen-bond donors (Lipinski definition) is 2. The van der Waals surface area contributed by atoms with Crippen molar-refractivity contribution in [2.45, 2.75) is 54.3 Å². The molecule has 3 rings (SSSR count). The van der Waals surface area contributed by atoms with Crippen LogP contribution in [-0.2, 0) is 21.2 Å². The number of nitrogens with zero attached hydrogens (tertiary/aromatic N) is 3. The number of amides is 1. The van der Waals surface area contributed by atoms with Gasteiger partial charge >= 0.3 is 0 Å². The zero-order chi connectivity index (χ0) is 21.9. The van der Waals surface area contributed by atoms with E-state index >= 15 is 0 Å². The monoisotopic (exact) mass is 471 g/mol. The van der Waals surface area contributed by atoms with Crippen molar-refractivity contribution in [2.24, 2.45) is 5.92 Å². The number of sulfonamides is 1. The van der Waals surface area contributed by atoms with Crippen molar-refractivity contribution in [3.8, 4) is 0 Å². The van der Waals surface area contributed by atoms with Crippen LogP contribution < -0.4 is 5.32 Å². The van der Waals surface area contributed by atoms with Crippen LogP contribution in [0.4, 0.5) is 5.69 Å². The third-order valence-corrected chi connectivity index (χ3v) is 8.33. The molecule has 0 saturated heterocycles. The van der Waals surface area contributed by atoms with Crippen molar-refractivity contribution >= 4 is 45.0 Å². The number of carbonyl (C=O) groups is 1. The van der Waals surface area contributed by atoms with Gasteiger partial charge in [0.05, 0.1) is 10.3 Å². The molecular weight excluding hydrogens is 446 g/mol. The molecule has 1 aromatic heterocycles. The average Bonchev–Trinajstić information content (AvgIpc) is 3.35. The van der Waals surface area contributed by atoms with Crippen molar-refractivity contribution in [1.82, 2.24) is 19.5 Å². The molecule has 2 N–H and O–H groups in total. The van der Waals surface area contributed by atoms with Gasteiger partial charge in [-0.15, -0.1) is 5.10 Å². The zero-order valence-corrected chi connectivity index (χ0v) is 19.6. The first-order valence-electron chi connectivity index (χ1n) is 9.77. The molecule has 0 radical (unpaired) electrons. The van der Waals surface area contributed by atoms with E-state index in [2.05, 4.69) is 20.5 Å². The highest BCUT2D eigenvalue weighted by atomic mass is 35.5. The maximum atomic E-state index is 12.6. The Bertz CT molecular complexity index is 1000. The van der Waals surface area contributed by atoms with Gasteiger partial charge < -0.3 is 5.32 Å². The molecule has 0 bridgehead atoms. The van der Waals surface area contributed by atoms with Crippen molar-refractivity contribution in [3.05, 3.63) is 29.0 Å². The fourth-order valence-corrected chi connectivity index (χ4v) is 5.48. The van der Waals surface area contributed by atoms with Crippen LogP contribution in [0.1, 0.15) is 38.4 Å². The van der Waals surface area contributed by atoms with Crippen LogP contribution in [0.5, 0.6) is 0 Å². The van der Waals surface area contributed by atoms with Crippen molar-refractivity contribution < 1.29 is 13.2 Å². The molecule has 1 amide bonds. The molecule has 1 aliphatic carbocycles. The molecule has 2 aromatic rings. The summed E-state index contributed by atoms with van der Waals surface area (Å²) in [6.45, 7) is 1.75. The minimum absolute atomic E-state index is 0.0576. The molecule has 1 atom stereocenters. The summed E-state index contributed by atoms with van der Waals surface area (Å²) < 4.78 is 25.9. The lowest BCUT2D eigenvalue weighted by Crippen LogP contribution is -2.24. The Hall–Kier alpha value is -1.62. The van der Waals surface area contributed by atoms with Crippen molar-refractivity contribution in [1.29, 1.82) is 0 Å². The second kappa shape index (κ2) is 9.67. The first kappa shape index (κ1) is 23.1. The van der Waals surface area contributed by atoms with E-state index in [1.165, 1.54) is 63.7 Å². The van der Waals surface area contributed by atoms with Crippen molar-refractivity contribution in [2.75, 3.05) is 19.4 Å². The number of aromatic amines is 1. The average molecular weight is 472 g/mol. The summed E-state index contributed by atoms with van der Waals surface area (Å²) in [7, 11) is -0.873. The van der Waals surface area contributed by atoms with Gasteiger partial charge in [-0.1, -0.05) is 49.0 Å². The minimum atomic E-state index is -3.72. The lowest BCUT2D eigenvalue weighted by Gasteiger charge is -2.15. The van der Waals surface area contributed by atoms with Crippen molar-refractivity contribution in [3.63, 3.8) is 0 Å². The van der Waals surface area contributed by atoms with Crippen LogP contribution in [0.3, 0.4) is 0 Å². The molecule has 1 aliphatic rings. The van der Waals surface area contributed by atoms with Gasteiger partial charge in [0.1, 0.15) is 10.7 Å². The third kappa shape index (κ3) is 5.54. The highest BCUT2D eigenvalue weighted by molar-refractivity contribution is 8.00. The molecule has 0 spiro atoms. The second-order valence-corrected chi connectivity index (χ2v) is 11.4. The summed E-state index contributed by atoms with van der Waals surface area (Å²) in [4.78, 5) is 17.0. The summed E-state index contributed by atoms with van der Waals surface area (Å²) in [6, 6.07) is 4.38. The summed E-state index contributed by atoms with van der Waals surface area (Å²) in [5.74, 6) is 1.24. The number of aromatic nitrogens is 3. The summed E-state index contributed by atoms with van der Waals surface area (Å²) in [5.41, 5.74) is 0.356. The SMILES string of the molecule is C[C@H](Sc1n[nH]c(CC2CCCC2)n1)C(=O)Nc1ccc(Cl)c(S(=O)(=O)N(C)C)c1. The maximum absolute atomic E-state index is 12.6. The lowest BCUT2D eigenvalue weighted by molar-refractivity contribution is -0.115. The van der Waals surface area contributed by atoms with E-state index in [1.54, 1.807) is 13.0 Å². The highest BCUT2D eigenvalue weighted by Gasteiger charge is 2.23. The fraction of sp³-hybridized carbons (Fsp3) is 0.526. The lowest BCUT2D eigenvalue weighted by atomic mass is 10.0. The van der Waals surface area contributed by atoms with Crippen LogP contribution in [0.25, 0.3) is 0 Å². The van der Waals surface area contributed by atoms with Gasteiger partial charge in [-0.05, 0) is 31.0 Å². The summed E-state index contributed by atoms with van der Waals surface area (Å²) in [6.07, 6.45) is 5.91. The smallest absolute Gasteiger partial charge is 0.244 e. The van der Waals surface area contributed by atoms with Crippen LogP contribution in [0.15, 0.2) is 28.3 Å². The van der Waals surface area contributed by atoms with E-state index < -0.39 is 15.3 Å². The molecule has 1 saturated carbocycles. The zero-order valence-electron chi connectivity index (χ0n) is 17.2. The predicted octanol–water partition coefficient (Wildman–Crippen LogP) is 3.56.